The molecule has 0 saturated heterocycles. The molecule has 2 aliphatic rings. The fourth-order valence-corrected chi connectivity index (χ4v) is 15.0. The van der Waals surface area contributed by atoms with Gasteiger partial charge < -0.3 is 5.73 Å². The van der Waals surface area contributed by atoms with Gasteiger partial charge in [-0.15, -0.1) is 35.9 Å². The van der Waals surface area contributed by atoms with E-state index >= 15 is 0 Å². The monoisotopic (exact) mass is 846 g/mol. The van der Waals surface area contributed by atoms with E-state index in [4.69, 9.17) is 10.3 Å². The number of benzene rings is 2. The maximum absolute atomic E-state index is 9.19. The number of hydrogen-bond acceptors (Lipinski definition) is 3. The van der Waals surface area contributed by atoms with Crippen molar-refractivity contribution in [2.75, 3.05) is 12.0 Å². The topological polar surface area (TPSA) is 80.4 Å². The summed E-state index contributed by atoms with van der Waals surface area (Å²) < 4.78 is 25.9. The fourth-order valence-electron chi connectivity index (χ4n) is 6.29. The molecule has 2 aromatic rings. The molecule has 2 aliphatic carbocycles. The Bertz CT molecular complexity index is 1330. The molecule has 4 nitrogen and oxygen atoms in total. The van der Waals surface area contributed by atoms with Gasteiger partial charge in [-0.05, 0) is 32.4 Å². The van der Waals surface area contributed by atoms with E-state index in [1.54, 1.807) is 0 Å². The molecule has 2 aromatic carbocycles. The first-order valence-electron chi connectivity index (χ1n) is 15.9. The zero-order valence-electron chi connectivity index (χ0n) is 31.2. The summed E-state index contributed by atoms with van der Waals surface area (Å²) in [7, 11) is -3.70. The van der Waals surface area contributed by atoms with Crippen LogP contribution in [0.15, 0.2) is 97.1 Å². The number of hydrogen-bond donors (Lipinski definition) is 2. The molecule has 0 radical (unpaired) electrons. The summed E-state index contributed by atoms with van der Waals surface area (Å²) in [6, 6.07) is 18.8. The Kier molecular flexibility index (Phi) is 21.4. The van der Waals surface area contributed by atoms with E-state index in [1.807, 2.05) is 48.5 Å². The van der Waals surface area contributed by atoms with Gasteiger partial charge in [0.2, 0.25) is 0 Å². The third-order valence-electron chi connectivity index (χ3n) is 6.90. The second-order valence-electron chi connectivity index (χ2n) is 15.5. The van der Waals surface area contributed by atoms with Crippen LogP contribution in [0.3, 0.4) is 0 Å². The van der Waals surface area contributed by atoms with Gasteiger partial charge >= 0.3 is 0 Å². The predicted molar refractivity (Wildman–Crippen MR) is 210 cm³/mol. The van der Waals surface area contributed by atoms with Crippen molar-refractivity contribution in [1.82, 2.24) is 0 Å². The molecule has 0 bridgehead atoms. The molecule has 0 aromatic heterocycles. The summed E-state index contributed by atoms with van der Waals surface area (Å²) in [4.78, 5) is 0. The Balaban J connectivity index is 0. The van der Waals surface area contributed by atoms with Crippen LogP contribution >= 0.6 is 15.8 Å². The van der Waals surface area contributed by atoms with Crippen LogP contribution in [0.4, 0.5) is 5.69 Å². The number of nitrogen functional groups attached to an aromatic ring is 1. The first-order valence-corrected chi connectivity index (χ1v) is 20.5. The number of allylic oxidation sites excluding steroid dienone is 8. The van der Waals surface area contributed by atoms with E-state index in [0.717, 1.165) is 16.8 Å². The fraction of sp³-hybridized carbons (Fsp3) is 0.487. The minimum atomic E-state index is -3.67. The van der Waals surface area contributed by atoms with Crippen LogP contribution in [0, 0.1) is 6.07 Å². The molecule has 0 atom stereocenters. The zero-order valence-corrected chi connectivity index (χ0v) is 36.5. The van der Waals surface area contributed by atoms with E-state index in [9.17, 15) is 8.42 Å². The summed E-state index contributed by atoms with van der Waals surface area (Å²) in [5.74, 6) is 0. The minimum Gasteiger partial charge on any atom is -0.406 e. The van der Waals surface area contributed by atoms with Crippen molar-refractivity contribution in [3.05, 3.63) is 103 Å². The van der Waals surface area contributed by atoms with Crippen molar-refractivity contribution in [3.8, 4) is 11.1 Å². The molecule has 9 heteroatoms. The van der Waals surface area contributed by atoms with Crippen LogP contribution < -0.4 is 5.73 Å². The first-order chi connectivity index (χ1) is 20.8. The van der Waals surface area contributed by atoms with Crippen LogP contribution in [0.1, 0.15) is 83.1 Å². The normalized spacial score (nSPS) is 14.7. The van der Waals surface area contributed by atoms with Crippen LogP contribution in [0.25, 0.3) is 11.1 Å². The van der Waals surface area contributed by atoms with Crippen LogP contribution in [-0.4, -0.2) is 51.2 Å². The van der Waals surface area contributed by atoms with Gasteiger partial charge in [0.15, 0.2) is 0 Å². The number of nitrogens with two attached hydrogens (primary N) is 1. The first kappa shape index (κ1) is 49.3. The number of rotatable bonds is 3. The van der Waals surface area contributed by atoms with E-state index in [1.165, 1.54) is 0 Å². The smallest absolute Gasteiger partial charge is 0.261 e. The molecule has 0 unspecified atom stereocenters. The number of anilines is 1. The SMILES string of the molecule is CC(C)(C)P(C1C=CC=C1)C(C)(C)C.CC(C)(C)P(C1C=CC=C1)C(C)(C)C.CS(=O)(=O)O.Nc1ccccc1-c1[c-]cccc1.[Fe].[Pd]. The minimum absolute atomic E-state index is 0. The third kappa shape index (κ3) is 19.0. The molecule has 274 valence electrons. The molecule has 0 fully saturated rings. The van der Waals surface area contributed by atoms with Crippen molar-refractivity contribution in [2.24, 2.45) is 0 Å². The van der Waals surface area contributed by atoms with E-state index in [-0.39, 0.29) is 53.3 Å². The molecule has 0 saturated carbocycles. The molecule has 0 amide bonds. The Morgan fingerprint density at radius 1 is 0.646 bits per heavy atom. The van der Waals surface area contributed by atoms with Crippen molar-refractivity contribution < 1.29 is 50.5 Å². The van der Waals surface area contributed by atoms with Gasteiger partial charge in [0.1, 0.15) is 0 Å². The summed E-state index contributed by atoms with van der Waals surface area (Å²) in [6.45, 7) is 28.5. The second kappa shape index (κ2) is 20.9. The Morgan fingerprint density at radius 3 is 1.23 bits per heavy atom. The molecule has 4 rings (SSSR count). The zero-order chi connectivity index (χ0) is 35.6. The summed E-state index contributed by atoms with van der Waals surface area (Å²) >= 11 is 0. The Morgan fingerprint density at radius 2 is 0.958 bits per heavy atom. The standard InChI is InChI=1S/2C13H23P.C12H10N.CH4O3S.Fe.Pd/c2*1-12(2,3)14(13(4,5)6)11-9-7-8-10-11;13-12-9-5-4-8-11(12)10-6-2-1-3-7-10;1-5(2,3)4;;/h2*7-11H,1-6H3;1-6,8-9H,13H2;1H3,(H,2,3,4);;/q;;-1;;;. The average molecular weight is 847 g/mol. The summed E-state index contributed by atoms with van der Waals surface area (Å²) in [6.07, 6.45) is 18.9. The predicted octanol–water partition coefficient (Wildman–Crippen LogP) is 11.4. The largest absolute Gasteiger partial charge is 0.406 e. The van der Waals surface area contributed by atoms with Crippen LogP contribution in [0.2, 0.25) is 0 Å². The average Bonchev–Trinajstić information content (AvgIpc) is 3.56. The summed E-state index contributed by atoms with van der Waals surface area (Å²) in [5, 5.41) is 1.71. The Hall–Kier alpha value is -0.848. The van der Waals surface area contributed by atoms with Crippen molar-refractivity contribution in [3.63, 3.8) is 0 Å². The molecule has 0 aliphatic heterocycles. The second-order valence-corrected chi connectivity index (χ2v) is 25.0. The van der Waals surface area contributed by atoms with E-state index < -0.39 is 10.1 Å². The molecule has 0 heterocycles. The maximum atomic E-state index is 9.19. The third-order valence-corrected chi connectivity index (χ3v) is 14.6. The quantitative estimate of drug-likeness (QED) is 0.106. The van der Waals surface area contributed by atoms with E-state index in [2.05, 4.69) is 138 Å². The van der Waals surface area contributed by atoms with Crippen LogP contribution in [-0.2, 0) is 47.6 Å². The molecule has 0 spiro atoms. The molecular weight excluding hydrogens is 787 g/mol. The van der Waals surface area contributed by atoms with Gasteiger partial charge in [-0.3, -0.25) is 4.55 Å². The van der Waals surface area contributed by atoms with Crippen molar-refractivity contribution in [2.45, 2.75) is 115 Å². The van der Waals surface area contributed by atoms with Crippen molar-refractivity contribution in [1.29, 1.82) is 0 Å². The Labute approximate surface area is 321 Å². The van der Waals surface area contributed by atoms with Gasteiger partial charge in [-0.2, -0.15) is 8.42 Å². The summed E-state index contributed by atoms with van der Waals surface area (Å²) in [5.41, 5.74) is 10.1. The van der Waals surface area contributed by atoms with Crippen LogP contribution in [0.5, 0.6) is 0 Å². The van der Waals surface area contributed by atoms with Gasteiger partial charge in [-0.1, -0.05) is 171 Å². The van der Waals surface area contributed by atoms with Crippen molar-refractivity contribution >= 4 is 31.6 Å². The maximum Gasteiger partial charge on any atom is 0.261 e. The van der Waals surface area contributed by atoms with Gasteiger partial charge in [0.05, 0.1) is 6.26 Å². The molecular formula is C39H60FeNO3P2PdS-. The van der Waals surface area contributed by atoms with Gasteiger partial charge in [-0.25, -0.2) is 0 Å². The van der Waals surface area contributed by atoms with E-state index in [0.29, 0.717) is 38.2 Å². The van der Waals surface area contributed by atoms with Gasteiger partial charge in [0, 0.05) is 48.8 Å². The molecule has 3 N–H and O–H groups in total. The number of para-hydroxylation sites is 1. The van der Waals surface area contributed by atoms with Gasteiger partial charge in [0.25, 0.3) is 10.1 Å². The molecule has 48 heavy (non-hydrogen) atoms.